The highest BCUT2D eigenvalue weighted by Gasteiger charge is 2.46. The summed E-state index contributed by atoms with van der Waals surface area (Å²) in [6, 6.07) is 1.92. The van der Waals surface area contributed by atoms with Gasteiger partial charge < -0.3 is 19.0 Å². The van der Waals surface area contributed by atoms with Crippen LogP contribution in [0, 0.1) is 11.3 Å². The largest absolute Gasteiger partial charge is 0.413 e. The van der Waals surface area contributed by atoms with Gasteiger partial charge in [-0.1, -0.05) is 59.8 Å². The van der Waals surface area contributed by atoms with E-state index in [4.69, 9.17) is 19.2 Å². The average Bonchev–Trinajstić information content (AvgIpc) is 2.58. The van der Waals surface area contributed by atoms with Gasteiger partial charge in [0, 0.05) is 13.2 Å². The zero-order valence-corrected chi connectivity index (χ0v) is 19.4. The summed E-state index contributed by atoms with van der Waals surface area (Å²) < 4.78 is 17.7. The standard InChI is InChI=1S/C21H39NO4Si/c1-17(2)27(18(3)4,19(5)6)26-15-21(7,25-16-24-8)13-12-20(23)11-9-10-14-22/h9-10,12-13,17-20,23H,11,15-16H2,1-8H3/b10-9-,13-12+/t20-,21-/m1/s1. The van der Waals surface area contributed by atoms with Crippen molar-refractivity contribution in [1.82, 2.24) is 0 Å². The predicted octanol–water partition coefficient (Wildman–Crippen LogP) is 4.94. The normalized spacial score (nSPS) is 16.6. The Bertz CT molecular complexity index is 489. The second-order valence-electron chi connectivity index (χ2n) is 8.16. The first-order chi connectivity index (χ1) is 12.6. The SMILES string of the molecule is COCO[C@](C)(/C=C/[C@H](O)C/C=C\C#N)CO[Si](C(C)C)(C(C)C)C(C)C. The lowest BCUT2D eigenvalue weighted by Crippen LogP contribution is -2.51. The van der Waals surface area contributed by atoms with Crippen molar-refractivity contribution in [2.75, 3.05) is 20.5 Å². The monoisotopic (exact) mass is 397 g/mol. The number of hydrogen-bond acceptors (Lipinski definition) is 5. The Labute approximate surface area is 167 Å². The van der Waals surface area contributed by atoms with Crippen molar-refractivity contribution in [3.8, 4) is 6.07 Å². The van der Waals surface area contributed by atoms with Gasteiger partial charge >= 0.3 is 0 Å². The molecule has 0 aromatic rings. The van der Waals surface area contributed by atoms with Gasteiger partial charge in [-0.3, -0.25) is 0 Å². The zero-order chi connectivity index (χ0) is 21.1. The maximum atomic E-state index is 10.1. The molecule has 0 heterocycles. The van der Waals surface area contributed by atoms with Crippen LogP contribution < -0.4 is 0 Å². The fourth-order valence-electron chi connectivity index (χ4n) is 3.75. The first-order valence-electron chi connectivity index (χ1n) is 9.74. The molecule has 0 fully saturated rings. The van der Waals surface area contributed by atoms with E-state index in [-0.39, 0.29) is 6.79 Å². The lowest BCUT2D eigenvalue weighted by Gasteiger charge is -2.44. The number of ether oxygens (including phenoxy) is 2. The van der Waals surface area contributed by atoms with Gasteiger partial charge in [-0.2, -0.15) is 5.26 Å². The van der Waals surface area contributed by atoms with Crippen LogP contribution in [0.1, 0.15) is 54.9 Å². The molecule has 27 heavy (non-hydrogen) atoms. The molecule has 6 heteroatoms. The molecule has 2 atom stereocenters. The molecule has 0 aliphatic heterocycles. The minimum atomic E-state index is -2.02. The quantitative estimate of drug-likeness (QED) is 0.206. The molecule has 0 aliphatic carbocycles. The summed E-state index contributed by atoms with van der Waals surface area (Å²) in [7, 11) is -0.438. The number of aliphatic hydroxyl groups is 1. The molecule has 0 aromatic carbocycles. The van der Waals surface area contributed by atoms with Crippen LogP contribution >= 0.6 is 0 Å². The van der Waals surface area contributed by atoms with Crippen molar-refractivity contribution < 1.29 is 19.0 Å². The summed E-state index contributed by atoms with van der Waals surface area (Å²) in [4.78, 5) is 0. The van der Waals surface area contributed by atoms with Crippen molar-refractivity contribution in [3.63, 3.8) is 0 Å². The van der Waals surface area contributed by atoms with Crippen LogP contribution in [-0.4, -0.2) is 45.6 Å². The lowest BCUT2D eigenvalue weighted by molar-refractivity contribution is -0.115. The van der Waals surface area contributed by atoms with Crippen molar-refractivity contribution in [1.29, 1.82) is 5.26 Å². The molecule has 5 nitrogen and oxygen atoms in total. The smallest absolute Gasteiger partial charge is 0.200 e. The van der Waals surface area contributed by atoms with Crippen LogP contribution in [0.5, 0.6) is 0 Å². The van der Waals surface area contributed by atoms with E-state index < -0.39 is 20.0 Å². The zero-order valence-electron chi connectivity index (χ0n) is 18.4. The van der Waals surface area contributed by atoms with Crippen LogP contribution in [0.15, 0.2) is 24.3 Å². The highest BCUT2D eigenvalue weighted by molar-refractivity contribution is 6.77. The minimum Gasteiger partial charge on any atom is -0.413 e. The summed E-state index contributed by atoms with van der Waals surface area (Å²) in [5.41, 5.74) is 0.743. The predicted molar refractivity (Wildman–Crippen MR) is 113 cm³/mol. The van der Waals surface area contributed by atoms with E-state index in [9.17, 15) is 5.11 Å². The second kappa shape index (κ2) is 12.5. The number of aliphatic hydroxyl groups excluding tert-OH is 1. The van der Waals surface area contributed by atoms with Crippen molar-refractivity contribution in [2.24, 2.45) is 0 Å². The van der Waals surface area contributed by atoms with Gasteiger partial charge in [-0.05, 0) is 30.0 Å². The molecule has 0 amide bonds. The van der Waals surface area contributed by atoms with Crippen molar-refractivity contribution in [2.45, 2.75) is 83.2 Å². The third-order valence-corrected chi connectivity index (χ3v) is 11.1. The van der Waals surface area contributed by atoms with Gasteiger partial charge in [-0.25, -0.2) is 0 Å². The van der Waals surface area contributed by atoms with Crippen LogP contribution in [0.4, 0.5) is 0 Å². The molecule has 1 N–H and O–H groups in total. The highest BCUT2D eigenvalue weighted by atomic mass is 28.4. The Morgan fingerprint density at radius 2 is 1.67 bits per heavy atom. The van der Waals surface area contributed by atoms with Gasteiger partial charge in [-0.15, -0.1) is 0 Å². The van der Waals surface area contributed by atoms with Gasteiger partial charge in [0.1, 0.15) is 12.4 Å². The van der Waals surface area contributed by atoms with E-state index in [2.05, 4.69) is 41.5 Å². The molecule has 0 aromatic heterocycles. The van der Waals surface area contributed by atoms with Gasteiger partial charge in [0.15, 0.2) is 8.32 Å². The lowest BCUT2D eigenvalue weighted by atomic mass is 10.1. The van der Waals surface area contributed by atoms with E-state index in [1.165, 1.54) is 6.08 Å². The van der Waals surface area contributed by atoms with E-state index in [1.54, 1.807) is 19.3 Å². The third-order valence-electron chi connectivity index (χ3n) is 5.06. The molecule has 156 valence electrons. The summed E-state index contributed by atoms with van der Waals surface area (Å²) >= 11 is 0. The van der Waals surface area contributed by atoms with E-state index in [0.29, 0.717) is 29.7 Å². The molecule has 0 bridgehead atoms. The topological polar surface area (TPSA) is 71.7 Å². The molecule has 0 aliphatic rings. The maximum absolute atomic E-state index is 10.1. The van der Waals surface area contributed by atoms with Crippen LogP contribution in [-0.2, 0) is 13.9 Å². The van der Waals surface area contributed by atoms with Crippen LogP contribution in [0.2, 0.25) is 16.6 Å². The summed E-state index contributed by atoms with van der Waals surface area (Å²) in [5, 5.41) is 18.6. The van der Waals surface area contributed by atoms with E-state index >= 15 is 0 Å². The Morgan fingerprint density at radius 1 is 1.11 bits per heavy atom. The molecule has 0 saturated heterocycles. The number of hydrogen-bond donors (Lipinski definition) is 1. The number of methoxy groups -OCH3 is 1. The minimum absolute atomic E-state index is 0.147. The molecule has 0 saturated carbocycles. The molecule has 0 unspecified atom stereocenters. The highest BCUT2D eigenvalue weighted by Crippen LogP contribution is 2.42. The number of nitriles is 1. The van der Waals surface area contributed by atoms with Crippen LogP contribution in [0.3, 0.4) is 0 Å². The number of nitrogens with zero attached hydrogens (tertiary/aromatic N) is 1. The molecule has 0 radical (unpaired) electrons. The molecular weight excluding hydrogens is 358 g/mol. The molecule has 0 spiro atoms. The molecular formula is C21H39NO4Si. The first-order valence-corrected chi connectivity index (χ1v) is 11.9. The number of rotatable bonds is 13. The Morgan fingerprint density at radius 3 is 2.11 bits per heavy atom. The van der Waals surface area contributed by atoms with Gasteiger partial charge in [0.25, 0.3) is 0 Å². The maximum Gasteiger partial charge on any atom is 0.200 e. The average molecular weight is 398 g/mol. The fraction of sp³-hybridized carbons (Fsp3) is 0.762. The second-order valence-corrected chi connectivity index (χ2v) is 13.6. The Kier molecular flexibility index (Phi) is 12.0. The van der Waals surface area contributed by atoms with Crippen LogP contribution in [0.25, 0.3) is 0 Å². The van der Waals surface area contributed by atoms with Gasteiger partial charge in [0.05, 0.1) is 18.8 Å². The Balaban J connectivity index is 5.37. The molecule has 0 rings (SSSR count). The summed E-state index contributed by atoms with van der Waals surface area (Å²) in [6.45, 7) is 16.0. The third kappa shape index (κ3) is 8.28. The van der Waals surface area contributed by atoms with Crippen molar-refractivity contribution >= 4 is 8.32 Å². The summed E-state index contributed by atoms with van der Waals surface area (Å²) in [6.07, 6.45) is 6.26. The van der Waals surface area contributed by atoms with E-state index in [0.717, 1.165) is 0 Å². The van der Waals surface area contributed by atoms with E-state index in [1.807, 2.05) is 19.1 Å². The Hall–Kier alpha value is -0.973. The first kappa shape index (κ1) is 26.0. The summed E-state index contributed by atoms with van der Waals surface area (Å²) in [5.74, 6) is 0. The van der Waals surface area contributed by atoms with Gasteiger partial charge in [0.2, 0.25) is 0 Å². The number of allylic oxidation sites excluding steroid dienone is 1. The fourth-order valence-corrected chi connectivity index (χ4v) is 9.29. The van der Waals surface area contributed by atoms with Crippen molar-refractivity contribution in [3.05, 3.63) is 24.3 Å².